The zero-order chi connectivity index (χ0) is 30.9. The number of nitrogens with zero attached hydrogens (tertiary/aromatic N) is 3. The fourth-order valence-corrected chi connectivity index (χ4v) is 7.04. The van der Waals surface area contributed by atoms with E-state index in [9.17, 15) is 0 Å². The van der Waals surface area contributed by atoms with Gasteiger partial charge in [0.25, 0.3) is 0 Å². The molecular weight excluding hydrogens is 574 g/mol. The number of hydrogen-bond acceptors (Lipinski definition) is 4. The molecule has 0 aliphatic heterocycles. The molecule has 0 aliphatic carbocycles. The molecule has 0 saturated heterocycles. The molecule has 4 nitrogen and oxygen atoms in total. The molecule has 2 aromatic heterocycles. The van der Waals surface area contributed by atoms with Gasteiger partial charge in [-0.15, -0.1) is 0 Å². The van der Waals surface area contributed by atoms with E-state index in [1.54, 1.807) is 0 Å². The second-order valence-corrected chi connectivity index (χ2v) is 12.0. The molecule has 0 fully saturated rings. The number of para-hydroxylation sites is 1. The van der Waals surface area contributed by atoms with E-state index in [1.165, 1.54) is 26.9 Å². The summed E-state index contributed by atoms with van der Waals surface area (Å²) in [6.45, 7) is 0. The van der Waals surface area contributed by atoms with Crippen LogP contribution in [0.25, 0.3) is 99.2 Å². The molecule has 0 atom stereocenters. The van der Waals surface area contributed by atoms with Crippen molar-refractivity contribution in [3.8, 4) is 34.2 Å². The molecule has 2 heterocycles. The van der Waals surface area contributed by atoms with Crippen LogP contribution in [0.1, 0.15) is 0 Å². The second kappa shape index (κ2) is 10.1. The van der Waals surface area contributed by atoms with Crippen molar-refractivity contribution in [1.29, 1.82) is 0 Å². The van der Waals surface area contributed by atoms with Gasteiger partial charge in [0.15, 0.2) is 17.5 Å². The van der Waals surface area contributed by atoms with Crippen LogP contribution in [0.2, 0.25) is 0 Å². The van der Waals surface area contributed by atoms with E-state index in [0.29, 0.717) is 17.5 Å². The van der Waals surface area contributed by atoms with Crippen LogP contribution >= 0.6 is 0 Å². The van der Waals surface area contributed by atoms with Crippen LogP contribution < -0.4 is 0 Å². The van der Waals surface area contributed by atoms with Gasteiger partial charge < -0.3 is 4.42 Å². The SMILES string of the molecule is c1ccc(-c2nc(-c3ccc4ccc5ccccc5c4c3)nc(-c3cc4ccc5ccccc5c4c4oc5ccccc5c34)n2)cc1. The monoisotopic (exact) mass is 599 g/mol. The summed E-state index contributed by atoms with van der Waals surface area (Å²) in [5, 5.41) is 11.3. The van der Waals surface area contributed by atoms with Crippen molar-refractivity contribution in [2.75, 3.05) is 0 Å². The van der Waals surface area contributed by atoms with Crippen molar-refractivity contribution >= 4 is 65.0 Å². The number of rotatable bonds is 3. The smallest absolute Gasteiger partial charge is 0.164 e. The third-order valence-electron chi connectivity index (χ3n) is 9.27. The minimum absolute atomic E-state index is 0.610. The molecule has 0 saturated carbocycles. The summed E-state index contributed by atoms with van der Waals surface area (Å²) in [7, 11) is 0. The maximum atomic E-state index is 6.68. The van der Waals surface area contributed by atoms with Gasteiger partial charge in [-0.25, -0.2) is 15.0 Å². The van der Waals surface area contributed by atoms with E-state index in [0.717, 1.165) is 54.8 Å². The Morgan fingerprint density at radius 2 is 0.936 bits per heavy atom. The minimum Gasteiger partial charge on any atom is -0.455 e. The third-order valence-corrected chi connectivity index (χ3v) is 9.27. The van der Waals surface area contributed by atoms with Crippen LogP contribution in [-0.4, -0.2) is 15.0 Å². The Balaban J connectivity index is 1.30. The van der Waals surface area contributed by atoms with Gasteiger partial charge in [-0.05, 0) is 55.9 Å². The number of fused-ring (bicyclic) bond motifs is 10. The van der Waals surface area contributed by atoms with Crippen LogP contribution in [0.15, 0.2) is 156 Å². The maximum absolute atomic E-state index is 6.68. The molecule has 0 unspecified atom stereocenters. The van der Waals surface area contributed by atoms with Crippen molar-refractivity contribution in [2.45, 2.75) is 0 Å². The van der Waals surface area contributed by atoms with Gasteiger partial charge in [-0.3, -0.25) is 0 Å². The first-order valence-corrected chi connectivity index (χ1v) is 15.8. The topological polar surface area (TPSA) is 51.8 Å². The Hall–Kier alpha value is -6.39. The predicted molar refractivity (Wildman–Crippen MR) is 193 cm³/mol. The Bertz CT molecular complexity index is 2850. The second-order valence-electron chi connectivity index (χ2n) is 12.0. The van der Waals surface area contributed by atoms with Crippen LogP contribution in [0.5, 0.6) is 0 Å². The molecule has 47 heavy (non-hydrogen) atoms. The van der Waals surface area contributed by atoms with Crippen molar-refractivity contribution in [2.24, 2.45) is 0 Å². The average molecular weight is 600 g/mol. The normalized spacial score (nSPS) is 11.8. The molecule has 8 aromatic carbocycles. The summed E-state index contributed by atoms with van der Waals surface area (Å²) >= 11 is 0. The minimum atomic E-state index is 0.610. The Morgan fingerprint density at radius 3 is 1.74 bits per heavy atom. The first kappa shape index (κ1) is 25.9. The van der Waals surface area contributed by atoms with Gasteiger partial charge in [0.1, 0.15) is 11.2 Å². The van der Waals surface area contributed by atoms with Crippen LogP contribution in [-0.2, 0) is 0 Å². The van der Waals surface area contributed by atoms with Crippen LogP contribution in [0, 0.1) is 0 Å². The number of furan rings is 1. The summed E-state index contributed by atoms with van der Waals surface area (Å²) < 4.78 is 6.68. The first-order chi connectivity index (χ1) is 23.3. The summed E-state index contributed by atoms with van der Waals surface area (Å²) in [6.07, 6.45) is 0. The third kappa shape index (κ3) is 4.05. The molecule has 10 aromatic rings. The van der Waals surface area contributed by atoms with E-state index in [1.807, 2.05) is 42.5 Å². The highest BCUT2D eigenvalue weighted by Gasteiger charge is 2.21. The molecule has 4 heteroatoms. The zero-order valence-corrected chi connectivity index (χ0v) is 25.2. The highest BCUT2D eigenvalue weighted by Crippen LogP contribution is 2.43. The number of benzene rings is 8. The van der Waals surface area contributed by atoms with E-state index in [-0.39, 0.29) is 0 Å². The number of hydrogen-bond donors (Lipinski definition) is 0. The molecule has 218 valence electrons. The highest BCUT2D eigenvalue weighted by molar-refractivity contribution is 6.26. The van der Waals surface area contributed by atoms with Crippen LogP contribution in [0.3, 0.4) is 0 Å². The van der Waals surface area contributed by atoms with Gasteiger partial charge in [0.2, 0.25) is 0 Å². The lowest BCUT2D eigenvalue weighted by molar-refractivity contribution is 0.673. The van der Waals surface area contributed by atoms with E-state index in [2.05, 4.69) is 109 Å². The summed E-state index contributed by atoms with van der Waals surface area (Å²) in [5.41, 5.74) is 4.47. The lowest BCUT2D eigenvalue weighted by Gasteiger charge is -2.12. The van der Waals surface area contributed by atoms with Crippen molar-refractivity contribution in [3.05, 3.63) is 152 Å². The fourth-order valence-electron chi connectivity index (χ4n) is 7.04. The maximum Gasteiger partial charge on any atom is 0.164 e. The van der Waals surface area contributed by atoms with E-state index < -0.39 is 0 Å². The Kier molecular flexibility index (Phi) is 5.54. The lowest BCUT2D eigenvalue weighted by atomic mass is 9.95. The predicted octanol–water partition coefficient (Wildman–Crippen LogP) is 11.4. The molecule has 0 spiro atoms. The molecule has 0 bridgehead atoms. The van der Waals surface area contributed by atoms with Crippen molar-refractivity contribution in [3.63, 3.8) is 0 Å². The Morgan fingerprint density at radius 1 is 0.362 bits per heavy atom. The lowest BCUT2D eigenvalue weighted by Crippen LogP contribution is -2.00. The zero-order valence-electron chi connectivity index (χ0n) is 25.2. The molecule has 0 aliphatic rings. The molecule has 10 rings (SSSR count). The quantitative estimate of drug-likeness (QED) is 0.190. The van der Waals surface area contributed by atoms with E-state index >= 15 is 0 Å². The largest absolute Gasteiger partial charge is 0.455 e. The van der Waals surface area contributed by atoms with Gasteiger partial charge >= 0.3 is 0 Å². The molecular formula is C43H25N3O. The Labute approximate surface area is 269 Å². The van der Waals surface area contributed by atoms with Gasteiger partial charge in [-0.1, -0.05) is 133 Å². The average Bonchev–Trinajstić information content (AvgIpc) is 3.54. The highest BCUT2D eigenvalue weighted by atomic mass is 16.3. The molecule has 0 radical (unpaired) electrons. The summed E-state index contributed by atoms with van der Waals surface area (Å²) in [5.74, 6) is 1.87. The summed E-state index contributed by atoms with van der Waals surface area (Å²) in [6, 6.07) is 52.7. The first-order valence-electron chi connectivity index (χ1n) is 15.8. The van der Waals surface area contributed by atoms with Gasteiger partial charge in [0, 0.05) is 32.8 Å². The molecule has 0 amide bonds. The van der Waals surface area contributed by atoms with Crippen molar-refractivity contribution < 1.29 is 4.42 Å². The fraction of sp³-hybridized carbons (Fsp3) is 0. The standard InChI is InChI=1S/C43H25N3O/c1-2-12-29(13-3-1)41-44-42(31-23-21-28-19-18-26-10-4-6-14-32(26)35(28)25-31)46-43(45-41)36-24-30-22-20-27-11-5-7-15-33(27)38(30)40-39(36)34-16-8-9-17-37(34)47-40/h1-25H. The van der Waals surface area contributed by atoms with Crippen LogP contribution in [0.4, 0.5) is 0 Å². The van der Waals surface area contributed by atoms with E-state index in [4.69, 9.17) is 19.4 Å². The van der Waals surface area contributed by atoms with Gasteiger partial charge in [0.05, 0.1) is 0 Å². The van der Waals surface area contributed by atoms with Crippen molar-refractivity contribution in [1.82, 2.24) is 15.0 Å². The van der Waals surface area contributed by atoms with Gasteiger partial charge in [-0.2, -0.15) is 0 Å². The number of aromatic nitrogens is 3. The molecule has 0 N–H and O–H groups in total. The summed E-state index contributed by atoms with van der Waals surface area (Å²) in [4.78, 5) is 15.5.